The van der Waals surface area contributed by atoms with E-state index in [1.165, 1.54) is 12.1 Å². The minimum absolute atomic E-state index is 0.102. The average Bonchev–Trinajstić information content (AvgIpc) is 3.08. The molecule has 8 nitrogen and oxygen atoms in total. The molecule has 2 aromatic heterocycles. The van der Waals surface area contributed by atoms with Gasteiger partial charge in [0.2, 0.25) is 10.0 Å². The van der Waals surface area contributed by atoms with E-state index in [4.69, 9.17) is 15.1 Å². The molecule has 0 aliphatic carbocycles. The van der Waals surface area contributed by atoms with E-state index in [-0.39, 0.29) is 4.90 Å². The van der Waals surface area contributed by atoms with Crippen molar-refractivity contribution in [1.29, 1.82) is 0 Å². The number of nitrogens with two attached hydrogens (primary N) is 1. The lowest BCUT2D eigenvalue weighted by Crippen LogP contribution is -2.44. The molecule has 158 valence electrons. The Balaban J connectivity index is 1.52. The molecule has 1 saturated heterocycles. The molecule has 1 fully saturated rings. The Bertz CT molecular complexity index is 1140. The van der Waals surface area contributed by atoms with Gasteiger partial charge in [-0.3, -0.25) is 4.98 Å². The first-order valence-electron chi connectivity index (χ1n) is 9.63. The SMILES string of the molecule is Cc1nc(Cc2cncc(N3CCN(C)CC3)n2)sc1-c1ccc(S(N)(=O)=O)cc1. The van der Waals surface area contributed by atoms with E-state index in [9.17, 15) is 8.42 Å². The smallest absolute Gasteiger partial charge is 0.238 e. The number of aromatic nitrogens is 3. The molecule has 30 heavy (non-hydrogen) atoms. The molecule has 4 rings (SSSR count). The van der Waals surface area contributed by atoms with Gasteiger partial charge in [0.05, 0.1) is 32.4 Å². The van der Waals surface area contributed by atoms with Crippen LogP contribution in [-0.2, 0) is 16.4 Å². The second-order valence-electron chi connectivity index (χ2n) is 7.43. The Morgan fingerprint density at radius 2 is 1.77 bits per heavy atom. The molecule has 0 spiro atoms. The van der Waals surface area contributed by atoms with Crippen LogP contribution in [0.1, 0.15) is 16.4 Å². The molecule has 3 aromatic rings. The molecule has 1 aliphatic heterocycles. The number of benzene rings is 1. The summed E-state index contributed by atoms with van der Waals surface area (Å²) in [4.78, 5) is 19.6. The van der Waals surface area contributed by atoms with Gasteiger partial charge in [-0.15, -0.1) is 11.3 Å². The second kappa shape index (κ2) is 8.38. The van der Waals surface area contributed by atoms with Crippen LogP contribution < -0.4 is 10.0 Å². The summed E-state index contributed by atoms with van der Waals surface area (Å²) < 4.78 is 22.9. The molecule has 0 bridgehead atoms. The molecule has 0 atom stereocenters. The first kappa shape index (κ1) is 20.9. The fourth-order valence-corrected chi connectivity index (χ4v) is 5.02. The number of thiazole rings is 1. The van der Waals surface area contributed by atoms with Gasteiger partial charge in [-0.1, -0.05) is 12.1 Å². The molecule has 0 radical (unpaired) electrons. The number of sulfonamides is 1. The fourth-order valence-electron chi connectivity index (χ4n) is 3.41. The van der Waals surface area contributed by atoms with Crippen LogP contribution in [-0.4, -0.2) is 61.5 Å². The normalized spacial score (nSPS) is 15.5. The number of rotatable bonds is 5. The van der Waals surface area contributed by atoms with Crippen LogP contribution in [0.25, 0.3) is 10.4 Å². The van der Waals surface area contributed by atoms with E-state index < -0.39 is 10.0 Å². The predicted octanol–water partition coefficient (Wildman–Crippen LogP) is 1.90. The van der Waals surface area contributed by atoms with Crippen molar-refractivity contribution < 1.29 is 8.42 Å². The zero-order chi connectivity index (χ0) is 21.3. The lowest BCUT2D eigenvalue weighted by atomic mass is 10.2. The van der Waals surface area contributed by atoms with E-state index in [0.29, 0.717) is 6.42 Å². The molecule has 0 saturated carbocycles. The Morgan fingerprint density at radius 1 is 1.07 bits per heavy atom. The number of piperazine rings is 1. The molecule has 0 unspecified atom stereocenters. The van der Waals surface area contributed by atoms with Crippen LogP contribution in [0.2, 0.25) is 0 Å². The van der Waals surface area contributed by atoms with Gasteiger partial charge in [0.1, 0.15) is 5.82 Å². The summed E-state index contributed by atoms with van der Waals surface area (Å²) in [5, 5.41) is 6.13. The predicted molar refractivity (Wildman–Crippen MR) is 118 cm³/mol. The molecule has 2 N–H and O–H groups in total. The van der Waals surface area contributed by atoms with Crippen LogP contribution in [0.3, 0.4) is 0 Å². The third kappa shape index (κ3) is 4.67. The summed E-state index contributed by atoms with van der Waals surface area (Å²) in [5.41, 5.74) is 2.71. The number of primary sulfonamides is 1. The number of hydrogen-bond acceptors (Lipinski definition) is 8. The number of nitrogens with zero attached hydrogens (tertiary/aromatic N) is 5. The van der Waals surface area contributed by atoms with Crippen molar-refractivity contribution >= 4 is 27.2 Å². The molecular formula is C20H24N6O2S2. The Labute approximate surface area is 180 Å². The third-order valence-electron chi connectivity index (χ3n) is 5.12. The van der Waals surface area contributed by atoms with Gasteiger partial charge in [-0.2, -0.15) is 0 Å². The first-order chi connectivity index (χ1) is 14.3. The minimum Gasteiger partial charge on any atom is -0.353 e. The van der Waals surface area contributed by atoms with E-state index in [1.54, 1.807) is 29.7 Å². The van der Waals surface area contributed by atoms with Gasteiger partial charge < -0.3 is 9.80 Å². The molecule has 1 aromatic carbocycles. The van der Waals surface area contributed by atoms with Gasteiger partial charge in [0, 0.05) is 38.8 Å². The molecule has 1 aliphatic rings. The number of likely N-dealkylation sites (N-methyl/N-ethyl adjacent to an activating group) is 1. The number of hydrogen-bond donors (Lipinski definition) is 1. The third-order valence-corrected chi connectivity index (χ3v) is 7.25. The van der Waals surface area contributed by atoms with Crippen LogP contribution in [0.15, 0.2) is 41.6 Å². The zero-order valence-corrected chi connectivity index (χ0v) is 18.6. The van der Waals surface area contributed by atoms with E-state index in [1.807, 2.05) is 13.1 Å². The highest BCUT2D eigenvalue weighted by atomic mass is 32.2. The first-order valence-corrected chi connectivity index (χ1v) is 12.0. The van der Waals surface area contributed by atoms with E-state index in [2.05, 4.69) is 21.8 Å². The number of aryl methyl sites for hydroxylation is 1. The highest BCUT2D eigenvalue weighted by molar-refractivity contribution is 7.89. The lowest BCUT2D eigenvalue weighted by molar-refractivity contribution is 0.312. The second-order valence-corrected chi connectivity index (χ2v) is 10.1. The Hall–Kier alpha value is -2.40. The minimum atomic E-state index is -3.70. The van der Waals surface area contributed by atoms with Crippen molar-refractivity contribution in [1.82, 2.24) is 19.9 Å². The number of anilines is 1. The van der Waals surface area contributed by atoms with Crippen molar-refractivity contribution in [2.45, 2.75) is 18.2 Å². The standard InChI is InChI=1S/C20H24N6O2S2/c1-14-20(15-3-5-17(6-4-15)30(21,27)28)29-19(23-14)11-16-12-22-13-18(24-16)26-9-7-25(2)8-10-26/h3-6,12-13H,7-11H2,1-2H3,(H2,21,27,28). The van der Waals surface area contributed by atoms with Gasteiger partial charge in [-0.05, 0) is 31.7 Å². The van der Waals surface area contributed by atoms with Crippen LogP contribution in [0, 0.1) is 6.92 Å². The van der Waals surface area contributed by atoms with Crippen molar-refractivity contribution in [3.8, 4) is 10.4 Å². The van der Waals surface area contributed by atoms with Crippen molar-refractivity contribution in [2.75, 3.05) is 38.1 Å². The molecule has 3 heterocycles. The van der Waals surface area contributed by atoms with Crippen LogP contribution in [0.5, 0.6) is 0 Å². The molecule has 0 amide bonds. The lowest BCUT2D eigenvalue weighted by Gasteiger charge is -2.33. The summed E-state index contributed by atoms with van der Waals surface area (Å²) in [7, 11) is -1.57. The summed E-state index contributed by atoms with van der Waals surface area (Å²) in [6.07, 6.45) is 4.21. The van der Waals surface area contributed by atoms with Crippen molar-refractivity contribution in [3.05, 3.63) is 53.1 Å². The zero-order valence-electron chi connectivity index (χ0n) is 16.9. The summed E-state index contributed by atoms with van der Waals surface area (Å²) in [6.45, 7) is 5.89. The van der Waals surface area contributed by atoms with Gasteiger partial charge in [-0.25, -0.2) is 23.5 Å². The van der Waals surface area contributed by atoms with E-state index >= 15 is 0 Å². The molecular weight excluding hydrogens is 420 g/mol. The summed E-state index contributed by atoms with van der Waals surface area (Å²) in [5.74, 6) is 0.910. The maximum atomic E-state index is 11.5. The summed E-state index contributed by atoms with van der Waals surface area (Å²) >= 11 is 1.58. The Morgan fingerprint density at radius 3 is 2.43 bits per heavy atom. The van der Waals surface area contributed by atoms with E-state index in [0.717, 1.165) is 58.8 Å². The monoisotopic (exact) mass is 444 g/mol. The highest BCUT2D eigenvalue weighted by Gasteiger charge is 2.17. The van der Waals surface area contributed by atoms with Gasteiger partial charge >= 0.3 is 0 Å². The fraction of sp³-hybridized carbons (Fsp3) is 0.350. The van der Waals surface area contributed by atoms with Gasteiger partial charge in [0.15, 0.2) is 0 Å². The van der Waals surface area contributed by atoms with Crippen molar-refractivity contribution in [3.63, 3.8) is 0 Å². The van der Waals surface area contributed by atoms with Crippen molar-refractivity contribution in [2.24, 2.45) is 5.14 Å². The molecule has 10 heteroatoms. The maximum absolute atomic E-state index is 11.5. The average molecular weight is 445 g/mol. The topological polar surface area (TPSA) is 105 Å². The maximum Gasteiger partial charge on any atom is 0.238 e. The summed E-state index contributed by atoms with van der Waals surface area (Å²) in [6, 6.07) is 6.57. The highest BCUT2D eigenvalue weighted by Crippen LogP contribution is 2.31. The largest absolute Gasteiger partial charge is 0.353 e. The Kier molecular flexibility index (Phi) is 5.83. The van der Waals surface area contributed by atoms with Crippen LogP contribution in [0.4, 0.5) is 5.82 Å². The quantitative estimate of drug-likeness (QED) is 0.641. The van der Waals surface area contributed by atoms with Crippen LogP contribution >= 0.6 is 11.3 Å². The van der Waals surface area contributed by atoms with Gasteiger partial charge in [0.25, 0.3) is 0 Å².